The van der Waals surface area contributed by atoms with Gasteiger partial charge in [-0.1, -0.05) is 42.8 Å². The Kier molecular flexibility index (Phi) is 8.60. The van der Waals surface area contributed by atoms with Crippen LogP contribution in [0.2, 0.25) is 0 Å². The van der Waals surface area contributed by atoms with Crippen molar-refractivity contribution < 1.29 is 24.2 Å². The molecule has 0 spiro atoms. The third kappa shape index (κ3) is 5.94. The SMILES string of the molecule is CCOC(=O)C1=C(O)/C(=C/c2cn(CC(=O)N3CCCCCC3)c3ccccc23)SC1=Nc1ccc(OC)cc1. The minimum atomic E-state index is -0.631. The first-order valence-electron chi connectivity index (χ1n) is 13.6. The predicted molar refractivity (Wildman–Crippen MR) is 159 cm³/mol. The predicted octanol–water partition coefficient (Wildman–Crippen LogP) is 6.25. The number of hydrogen-bond acceptors (Lipinski definition) is 7. The van der Waals surface area contributed by atoms with Crippen LogP contribution < -0.4 is 4.74 Å². The molecule has 1 aromatic heterocycles. The van der Waals surface area contributed by atoms with Crippen LogP contribution in [0, 0.1) is 0 Å². The number of aliphatic hydroxyl groups is 1. The van der Waals surface area contributed by atoms with Gasteiger partial charge < -0.3 is 24.0 Å². The van der Waals surface area contributed by atoms with Crippen LogP contribution >= 0.6 is 11.8 Å². The molecule has 0 atom stereocenters. The lowest BCUT2D eigenvalue weighted by atomic mass is 10.1. The Morgan fingerprint density at radius 2 is 1.77 bits per heavy atom. The second-order valence-corrected chi connectivity index (χ2v) is 10.7. The number of esters is 1. The quantitative estimate of drug-likeness (QED) is 0.344. The van der Waals surface area contributed by atoms with Gasteiger partial charge in [-0.25, -0.2) is 9.79 Å². The minimum absolute atomic E-state index is 0.0361. The molecule has 8 nitrogen and oxygen atoms in total. The van der Waals surface area contributed by atoms with Crippen molar-refractivity contribution in [2.75, 3.05) is 26.8 Å². The van der Waals surface area contributed by atoms with Crippen LogP contribution in [0.25, 0.3) is 17.0 Å². The average molecular weight is 560 g/mol. The number of ether oxygens (including phenoxy) is 2. The van der Waals surface area contributed by atoms with Crippen molar-refractivity contribution in [3.05, 3.63) is 76.5 Å². The highest BCUT2D eigenvalue weighted by atomic mass is 32.2. The molecule has 0 aliphatic carbocycles. The molecule has 0 bridgehead atoms. The van der Waals surface area contributed by atoms with Crippen LogP contribution in [0.3, 0.4) is 0 Å². The van der Waals surface area contributed by atoms with E-state index in [-0.39, 0.29) is 30.4 Å². The summed E-state index contributed by atoms with van der Waals surface area (Å²) in [5.74, 6) is -0.00139. The number of nitrogens with zero attached hydrogens (tertiary/aromatic N) is 3. The van der Waals surface area contributed by atoms with E-state index >= 15 is 0 Å². The first kappa shape index (κ1) is 27.6. The van der Waals surface area contributed by atoms with Crippen molar-refractivity contribution in [3.8, 4) is 5.75 Å². The molecule has 1 N–H and O–H groups in total. The highest BCUT2D eigenvalue weighted by molar-refractivity contribution is 8.18. The monoisotopic (exact) mass is 559 g/mol. The van der Waals surface area contributed by atoms with Gasteiger partial charge in [-0.05, 0) is 56.2 Å². The van der Waals surface area contributed by atoms with Crippen molar-refractivity contribution in [2.45, 2.75) is 39.2 Å². The van der Waals surface area contributed by atoms with Crippen molar-refractivity contribution >= 4 is 51.3 Å². The summed E-state index contributed by atoms with van der Waals surface area (Å²) in [6.45, 7) is 3.75. The maximum Gasteiger partial charge on any atom is 0.344 e. The van der Waals surface area contributed by atoms with Gasteiger partial charge in [-0.3, -0.25) is 4.79 Å². The molecular formula is C31H33N3O5S. The van der Waals surface area contributed by atoms with E-state index in [2.05, 4.69) is 4.99 Å². The van der Waals surface area contributed by atoms with Crippen LogP contribution in [0.15, 0.2) is 76.0 Å². The lowest BCUT2D eigenvalue weighted by Gasteiger charge is -2.20. The average Bonchev–Trinajstić information content (AvgIpc) is 3.30. The molecule has 208 valence electrons. The molecule has 0 radical (unpaired) electrons. The molecule has 5 rings (SSSR count). The largest absolute Gasteiger partial charge is 0.506 e. The molecule has 1 fully saturated rings. The van der Waals surface area contributed by atoms with Crippen molar-refractivity contribution in [1.82, 2.24) is 9.47 Å². The zero-order valence-corrected chi connectivity index (χ0v) is 23.6. The minimum Gasteiger partial charge on any atom is -0.506 e. The number of aromatic nitrogens is 1. The van der Waals surface area contributed by atoms with E-state index in [1.54, 1.807) is 38.3 Å². The van der Waals surface area contributed by atoms with Gasteiger partial charge in [0.15, 0.2) is 0 Å². The standard InChI is InChI=1S/C31H33N3O5S/c1-3-39-31(37)28-29(36)26(40-30(28)32-22-12-14-23(38-2)15-13-22)18-21-19-34(25-11-7-6-10-24(21)25)20-27(35)33-16-8-4-5-9-17-33/h6-7,10-15,18-19,36H,3-5,8-9,16-17,20H2,1-2H3/b26-18-,32-30?. The number of benzene rings is 2. The van der Waals surface area contributed by atoms with Gasteiger partial charge in [0.05, 0.1) is 24.3 Å². The number of amides is 1. The van der Waals surface area contributed by atoms with E-state index < -0.39 is 5.97 Å². The Labute approximate surface area is 238 Å². The van der Waals surface area contributed by atoms with E-state index in [9.17, 15) is 14.7 Å². The fraction of sp³-hybridized carbons (Fsp3) is 0.323. The summed E-state index contributed by atoms with van der Waals surface area (Å²) in [6, 6.07) is 15.0. The number of rotatable bonds is 7. The number of aliphatic hydroxyl groups excluding tert-OH is 1. The molecule has 2 aliphatic rings. The second kappa shape index (κ2) is 12.5. The third-order valence-electron chi connectivity index (χ3n) is 7.04. The van der Waals surface area contributed by atoms with Crippen molar-refractivity contribution in [3.63, 3.8) is 0 Å². The zero-order chi connectivity index (χ0) is 28.1. The first-order valence-corrected chi connectivity index (χ1v) is 14.4. The van der Waals surface area contributed by atoms with Crippen LogP contribution in [0.1, 0.15) is 38.2 Å². The Morgan fingerprint density at radius 1 is 1.05 bits per heavy atom. The van der Waals surface area contributed by atoms with E-state index in [0.717, 1.165) is 42.4 Å². The van der Waals surface area contributed by atoms with Gasteiger partial charge in [0.2, 0.25) is 5.91 Å². The number of methoxy groups -OCH3 is 1. The Balaban J connectivity index is 1.49. The van der Waals surface area contributed by atoms with Crippen molar-refractivity contribution in [1.29, 1.82) is 0 Å². The van der Waals surface area contributed by atoms with Gasteiger partial charge in [0.1, 0.15) is 28.7 Å². The molecule has 0 unspecified atom stereocenters. The molecule has 1 saturated heterocycles. The maximum atomic E-state index is 13.2. The van der Waals surface area contributed by atoms with Gasteiger partial charge in [-0.2, -0.15) is 0 Å². The fourth-order valence-corrected chi connectivity index (χ4v) is 6.02. The Bertz CT molecular complexity index is 1490. The number of carbonyl (C=O) groups is 2. The van der Waals surface area contributed by atoms with Crippen LogP contribution in [0.5, 0.6) is 5.75 Å². The van der Waals surface area contributed by atoms with Crippen molar-refractivity contribution in [2.24, 2.45) is 4.99 Å². The molecule has 2 aromatic carbocycles. The number of thioether (sulfide) groups is 1. The topological polar surface area (TPSA) is 93.4 Å². The Hall–Kier alpha value is -3.98. The smallest absolute Gasteiger partial charge is 0.344 e. The molecule has 3 heterocycles. The summed E-state index contributed by atoms with van der Waals surface area (Å²) < 4.78 is 12.4. The van der Waals surface area contributed by atoms with Crippen LogP contribution in [-0.4, -0.2) is 58.3 Å². The zero-order valence-electron chi connectivity index (χ0n) is 22.8. The highest BCUT2D eigenvalue weighted by Crippen LogP contribution is 2.41. The molecular weight excluding hydrogens is 526 g/mol. The van der Waals surface area contributed by atoms with E-state index in [0.29, 0.717) is 21.4 Å². The molecule has 3 aromatic rings. The number of carbonyl (C=O) groups excluding carboxylic acids is 2. The summed E-state index contributed by atoms with van der Waals surface area (Å²) in [7, 11) is 1.59. The lowest BCUT2D eigenvalue weighted by molar-refractivity contribution is -0.138. The Morgan fingerprint density at radius 3 is 2.48 bits per heavy atom. The number of para-hydroxylation sites is 1. The first-order chi connectivity index (χ1) is 19.5. The number of likely N-dealkylation sites (tertiary alicyclic amines) is 1. The molecule has 9 heteroatoms. The summed E-state index contributed by atoms with van der Waals surface area (Å²) in [4.78, 5) is 33.1. The lowest BCUT2D eigenvalue weighted by Crippen LogP contribution is -2.34. The molecule has 0 saturated carbocycles. The maximum absolute atomic E-state index is 13.2. The van der Waals surface area contributed by atoms with Crippen LogP contribution in [0.4, 0.5) is 5.69 Å². The number of fused-ring (bicyclic) bond motifs is 1. The summed E-state index contributed by atoms with van der Waals surface area (Å²) in [6.07, 6.45) is 8.19. The van der Waals surface area contributed by atoms with Gasteiger partial charge in [-0.15, -0.1) is 0 Å². The summed E-state index contributed by atoms with van der Waals surface area (Å²) >= 11 is 1.21. The normalized spacial score (nSPS) is 18.0. The van der Waals surface area contributed by atoms with Crippen LogP contribution in [-0.2, 0) is 20.9 Å². The number of aliphatic imine (C=N–C) groups is 1. The van der Waals surface area contributed by atoms with Gasteiger partial charge >= 0.3 is 5.97 Å². The number of hydrogen-bond donors (Lipinski definition) is 1. The molecule has 40 heavy (non-hydrogen) atoms. The second-order valence-electron chi connectivity index (χ2n) is 9.69. The summed E-state index contributed by atoms with van der Waals surface area (Å²) in [5, 5.41) is 12.5. The highest BCUT2D eigenvalue weighted by Gasteiger charge is 2.33. The molecule has 1 amide bonds. The van der Waals surface area contributed by atoms with Gasteiger partial charge in [0.25, 0.3) is 0 Å². The third-order valence-corrected chi connectivity index (χ3v) is 8.06. The van der Waals surface area contributed by atoms with Gasteiger partial charge in [0, 0.05) is 35.8 Å². The van der Waals surface area contributed by atoms with E-state index in [1.165, 1.54) is 24.6 Å². The fourth-order valence-electron chi connectivity index (χ4n) is 4.99. The van der Waals surface area contributed by atoms with E-state index in [4.69, 9.17) is 9.47 Å². The van der Waals surface area contributed by atoms with E-state index in [1.807, 2.05) is 46.0 Å². The summed E-state index contributed by atoms with van der Waals surface area (Å²) in [5.41, 5.74) is 2.42. The molecule has 2 aliphatic heterocycles.